The monoisotopic (exact) mass is 314 g/mol. The number of hydrogen-bond donors (Lipinski definition) is 2. The molecule has 0 saturated carbocycles. The molecular formula is C12H15ClN4O2S. The average Bonchev–Trinajstić information content (AvgIpc) is 2.67. The number of aryl methyl sites for hydroxylation is 2. The summed E-state index contributed by atoms with van der Waals surface area (Å²) in [5, 5.41) is 4.41. The lowest BCUT2D eigenvalue weighted by Crippen LogP contribution is -2.15. The van der Waals surface area contributed by atoms with Gasteiger partial charge in [-0.15, -0.1) is 0 Å². The van der Waals surface area contributed by atoms with Crippen molar-refractivity contribution in [2.24, 2.45) is 12.8 Å². The van der Waals surface area contributed by atoms with E-state index in [9.17, 15) is 8.42 Å². The Balaban J connectivity index is 2.35. The molecule has 0 aliphatic rings. The van der Waals surface area contributed by atoms with Crippen molar-refractivity contribution < 1.29 is 8.42 Å². The third kappa shape index (κ3) is 2.95. The first-order valence-corrected chi connectivity index (χ1v) is 7.71. The maximum absolute atomic E-state index is 12.3. The molecule has 0 saturated heterocycles. The lowest BCUT2D eigenvalue weighted by molar-refractivity contribution is 0.600. The van der Waals surface area contributed by atoms with Gasteiger partial charge in [-0.25, -0.2) is 8.42 Å². The molecule has 0 atom stereocenters. The lowest BCUT2D eigenvalue weighted by atomic mass is 10.2. The van der Waals surface area contributed by atoms with E-state index in [-0.39, 0.29) is 11.4 Å². The summed E-state index contributed by atoms with van der Waals surface area (Å²) in [6.45, 7) is 2.04. The van der Waals surface area contributed by atoms with Crippen molar-refractivity contribution in [3.63, 3.8) is 0 Å². The maximum atomic E-state index is 12.3. The fourth-order valence-electron chi connectivity index (χ4n) is 1.76. The van der Waals surface area contributed by atoms with E-state index in [1.807, 2.05) is 0 Å². The highest BCUT2D eigenvalue weighted by molar-refractivity contribution is 7.92. The minimum atomic E-state index is -3.71. The van der Waals surface area contributed by atoms with Gasteiger partial charge in [-0.2, -0.15) is 5.10 Å². The van der Waals surface area contributed by atoms with Gasteiger partial charge in [0, 0.05) is 24.7 Å². The summed E-state index contributed by atoms with van der Waals surface area (Å²) in [6.07, 6.45) is 0. The molecule has 0 bridgehead atoms. The van der Waals surface area contributed by atoms with Crippen LogP contribution in [0.2, 0.25) is 5.02 Å². The maximum Gasteiger partial charge on any atom is 0.263 e. The number of hydrogen-bond acceptors (Lipinski definition) is 4. The van der Waals surface area contributed by atoms with E-state index in [1.165, 1.54) is 16.8 Å². The van der Waals surface area contributed by atoms with Crippen LogP contribution in [-0.2, 0) is 23.6 Å². The fourth-order valence-corrected chi connectivity index (χ4v) is 3.19. The van der Waals surface area contributed by atoms with Crippen LogP contribution >= 0.6 is 11.6 Å². The largest absolute Gasteiger partial charge is 0.326 e. The standard InChI is InChI=1S/C12H15ClN4O2S/c1-8-5-12(17(2)15-8)16-20(18,19)10-4-3-9(7-14)11(13)6-10/h3-6,16H,7,14H2,1-2H3. The number of benzene rings is 1. The summed E-state index contributed by atoms with van der Waals surface area (Å²) in [5.41, 5.74) is 6.91. The molecule has 0 unspecified atom stereocenters. The predicted octanol–water partition coefficient (Wildman–Crippen LogP) is 1.64. The Labute approximate surface area is 122 Å². The molecule has 0 aliphatic heterocycles. The normalized spacial score (nSPS) is 11.6. The average molecular weight is 315 g/mol. The van der Waals surface area contributed by atoms with E-state index in [4.69, 9.17) is 17.3 Å². The number of halogens is 1. The predicted molar refractivity (Wildman–Crippen MR) is 78.1 cm³/mol. The number of rotatable bonds is 4. The van der Waals surface area contributed by atoms with Gasteiger partial charge in [0.25, 0.3) is 10.0 Å². The van der Waals surface area contributed by atoms with Crippen LogP contribution in [-0.4, -0.2) is 18.2 Å². The van der Waals surface area contributed by atoms with E-state index in [0.29, 0.717) is 16.4 Å². The number of aromatic nitrogens is 2. The number of nitrogens with zero attached hydrogens (tertiary/aromatic N) is 2. The molecule has 1 aromatic carbocycles. The molecule has 20 heavy (non-hydrogen) atoms. The third-order valence-electron chi connectivity index (χ3n) is 2.80. The van der Waals surface area contributed by atoms with Crippen LogP contribution in [0.15, 0.2) is 29.2 Å². The van der Waals surface area contributed by atoms with Crippen molar-refractivity contribution in [2.75, 3.05) is 4.72 Å². The van der Waals surface area contributed by atoms with E-state index in [1.54, 1.807) is 26.1 Å². The van der Waals surface area contributed by atoms with Crippen LogP contribution in [0.4, 0.5) is 5.82 Å². The molecule has 1 heterocycles. The van der Waals surface area contributed by atoms with Gasteiger partial charge in [0.1, 0.15) is 5.82 Å². The second kappa shape index (κ2) is 5.43. The highest BCUT2D eigenvalue weighted by Gasteiger charge is 2.17. The molecule has 8 heteroatoms. The van der Waals surface area contributed by atoms with Gasteiger partial charge in [0.05, 0.1) is 10.6 Å². The van der Waals surface area contributed by atoms with Crippen LogP contribution in [0.5, 0.6) is 0 Å². The van der Waals surface area contributed by atoms with Crippen molar-refractivity contribution in [3.05, 3.63) is 40.5 Å². The Bertz CT molecular complexity index is 740. The summed E-state index contributed by atoms with van der Waals surface area (Å²) in [7, 11) is -2.04. The van der Waals surface area contributed by atoms with Crippen LogP contribution in [0.3, 0.4) is 0 Å². The van der Waals surface area contributed by atoms with Gasteiger partial charge in [-0.05, 0) is 24.6 Å². The van der Waals surface area contributed by atoms with Crippen LogP contribution in [0.1, 0.15) is 11.3 Å². The fraction of sp³-hybridized carbons (Fsp3) is 0.250. The molecule has 2 aromatic rings. The number of nitrogens with one attached hydrogen (secondary N) is 1. The van der Waals surface area contributed by atoms with Gasteiger partial charge < -0.3 is 5.73 Å². The number of anilines is 1. The van der Waals surface area contributed by atoms with Crippen molar-refractivity contribution in [3.8, 4) is 0 Å². The SMILES string of the molecule is Cc1cc(NS(=O)(=O)c2ccc(CN)c(Cl)c2)n(C)n1. The molecule has 2 rings (SSSR count). The first-order valence-electron chi connectivity index (χ1n) is 5.85. The first kappa shape index (κ1) is 14.8. The number of sulfonamides is 1. The van der Waals surface area contributed by atoms with E-state index < -0.39 is 10.0 Å². The molecule has 0 radical (unpaired) electrons. The summed E-state index contributed by atoms with van der Waals surface area (Å²) in [5.74, 6) is 0.390. The van der Waals surface area contributed by atoms with Crippen LogP contribution in [0, 0.1) is 6.92 Å². The van der Waals surface area contributed by atoms with Crippen molar-refractivity contribution in [1.29, 1.82) is 0 Å². The second-order valence-corrected chi connectivity index (χ2v) is 6.45. The highest BCUT2D eigenvalue weighted by Crippen LogP contribution is 2.22. The molecule has 108 valence electrons. The molecule has 3 N–H and O–H groups in total. The second-order valence-electron chi connectivity index (χ2n) is 4.36. The van der Waals surface area contributed by atoms with Gasteiger partial charge >= 0.3 is 0 Å². The molecule has 0 aliphatic carbocycles. The van der Waals surface area contributed by atoms with Crippen LogP contribution < -0.4 is 10.5 Å². The lowest BCUT2D eigenvalue weighted by Gasteiger charge is -2.09. The topological polar surface area (TPSA) is 90.0 Å². The van der Waals surface area contributed by atoms with Crippen molar-refractivity contribution >= 4 is 27.4 Å². The first-order chi connectivity index (χ1) is 9.33. The van der Waals surface area contributed by atoms with Gasteiger partial charge in [-0.3, -0.25) is 9.40 Å². The summed E-state index contributed by atoms with van der Waals surface area (Å²) >= 11 is 5.98. The smallest absolute Gasteiger partial charge is 0.263 e. The van der Waals surface area contributed by atoms with Gasteiger partial charge in [0.15, 0.2) is 0 Å². The Morgan fingerprint density at radius 1 is 1.40 bits per heavy atom. The Kier molecular flexibility index (Phi) is 4.03. The minimum Gasteiger partial charge on any atom is -0.326 e. The molecule has 1 aromatic heterocycles. The summed E-state index contributed by atoms with van der Waals surface area (Å²) in [6, 6.07) is 6.10. The van der Waals surface area contributed by atoms with E-state index in [0.717, 1.165) is 5.69 Å². The molecule has 0 spiro atoms. The summed E-state index contributed by atoms with van der Waals surface area (Å²) < 4.78 is 28.5. The number of nitrogens with two attached hydrogens (primary N) is 1. The zero-order valence-corrected chi connectivity index (χ0v) is 12.7. The van der Waals surface area contributed by atoms with E-state index in [2.05, 4.69) is 9.82 Å². The van der Waals surface area contributed by atoms with Gasteiger partial charge in [0.2, 0.25) is 0 Å². The third-order valence-corrected chi connectivity index (χ3v) is 4.50. The quantitative estimate of drug-likeness (QED) is 0.897. The van der Waals surface area contributed by atoms with Crippen molar-refractivity contribution in [1.82, 2.24) is 9.78 Å². The minimum absolute atomic E-state index is 0.0820. The Hall–Kier alpha value is -1.57. The van der Waals surface area contributed by atoms with Gasteiger partial charge in [-0.1, -0.05) is 17.7 Å². The Morgan fingerprint density at radius 2 is 2.10 bits per heavy atom. The zero-order valence-electron chi connectivity index (χ0n) is 11.1. The Morgan fingerprint density at radius 3 is 2.60 bits per heavy atom. The molecule has 6 nitrogen and oxygen atoms in total. The van der Waals surface area contributed by atoms with Crippen molar-refractivity contribution in [2.45, 2.75) is 18.4 Å². The molecule has 0 fully saturated rings. The molecule has 0 amide bonds. The van der Waals surface area contributed by atoms with E-state index >= 15 is 0 Å². The highest BCUT2D eigenvalue weighted by atomic mass is 35.5. The molecular weight excluding hydrogens is 300 g/mol. The zero-order chi connectivity index (χ0) is 14.9. The van der Waals surface area contributed by atoms with Crippen LogP contribution in [0.25, 0.3) is 0 Å². The summed E-state index contributed by atoms with van der Waals surface area (Å²) in [4.78, 5) is 0.0820.